The van der Waals surface area contributed by atoms with Crippen molar-refractivity contribution in [2.75, 3.05) is 26.4 Å². The van der Waals surface area contributed by atoms with Crippen LogP contribution in [0.15, 0.2) is 24.3 Å². The van der Waals surface area contributed by atoms with Crippen LogP contribution in [0.25, 0.3) is 0 Å². The first-order valence-electron chi connectivity index (χ1n) is 32.8. The minimum atomic E-state index is -4.39. The Morgan fingerprint density at radius 2 is 0.693 bits per heavy atom. The third-order valence-corrected chi connectivity index (χ3v) is 15.8. The molecule has 0 fully saturated rings. The Kier molecular flexibility index (Phi) is 60.5. The maximum atomic E-state index is 12.7. The van der Waals surface area contributed by atoms with E-state index in [2.05, 4.69) is 38.2 Å². The molecule has 2 atom stereocenters. The molecular formula is C65H126NO8P. The summed E-state index contributed by atoms with van der Waals surface area (Å²) in [6, 6.07) is 0. The number of carbonyl (C=O) groups excluding carboxylic acids is 2. The zero-order valence-electron chi connectivity index (χ0n) is 49.8. The van der Waals surface area contributed by atoms with Crippen molar-refractivity contribution in [2.24, 2.45) is 5.73 Å². The molecule has 75 heavy (non-hydrogen) atoms. The van der Waals surface area contributed by atoms with Gasteiger partial charge in [-0.2, -0.15) is 0 Å². The Hall–Kier alpha value is -1.51. The fraction of sp³-hybridized carbons (Fsp3) is 0.908. The lowest BCUT2D eigenvalue weighted by atomic mass is 10.0. The van der Waals surface area contributed by atoms with Gasteiger partial charge in [-0.05, 0) is 44.9 Å². The van der Waals surface area contributed by atoms with Crippen molar-refractivity contribution in [2.45, 2.75) is 354 Å². The van der Waals surface area contributed by atoms with Crippen molar-refractivity contribution in [1.82, 2.24) is 0 Å². The first-order chi connectivity index (χ1) is 36.8. The number of phosphoric acid groups is 1. The SMILES string of the molecule is CCCCCCC/C=C\C/C=C\CCCCCCCCCCCCCCCCCCCCCC(=O)OC(COC(=O)CCCCCCCCCCCCCCCCCCCCCCCCC)COP(=O)(O)OCCN. The first kappa shape index (κ1) is 73.5. The minimum absolute atomic E-state index is 0.0569. The molecule has 0 aliphatic carbocycles. The summed E-state index contributed by atoms with van der Waals surface area (Å²) in [6.45, 7) is 3.81. The monoisotopic (exact) mass is 1080 g/mol. The van der Waals surface area contributed by atoms with Crippen LogP contribution in [0.2, 0.25) is 0 Å². The molecule has 0 aliphatic heterocycles. The fourth-order valence-corrected chi connectivity index (χ4v) is 10.7. The third kappa shape index (κ3) is 61.6. The van der Waals surface area contributed by atoms with Gasteiger partial charge in [-0.1, -0.05) is 314 Å². The third-order valence-electron chi connectivity index (χ3n) is 14.8. The van der Waals surface area contributed by atoms with E-state index in [9.17, 15) is 19.0 Å². The fourth-order valence-electron chi connectivity index (χ4n) is 9.97. The van der Waals surface area contributed by atoms with E-state index < -0.39 is 26.5 Å². The Labute approximate surface area is 465 Å². The topological polar surface area (TPSA) is 134 Å². The van der Waals surface area contributed by atoms with Crippen LogP contribution in [-0.4, -0.2) is 49.3 Å². The zero-order chi connectivity index (χ0) is 54.5. The number of phosphoric ester groups is 1. The Bertz CT molecular complexity index is 1280. The molecule has 0 saturated heterocycles. The maximum absolute atomic E-state index is 12.7. The van der Waals surface area contributed by atoms with Crippen LogP contribution in [-0.2, 0) is 32.7 Å². The largest absolute Gasteiger partial charge is 0.472 e. The van der Waals surface area contributed by atoms with Gasteiger partial charge >= 0.3 is 19.8 Å². The summed E-state index contributed by atoms with van der Waals surface area (Å²) in [6.07, 6.45) is 74.0. The lowest BCUT2D eigenvalue weighted by Gasteiger charge is -2.19. The van der Waals surface area contributed by atoms with E-state index in [4.69, 9.17) is 24.3 Å². The van der Waals surface area contributed by atoms with Gasteiger partial charge in [-0.3, -0.25) is 18.6 Å². The zero-order valence-corrected chi connectivity index (χ0v) is 50.7. The van der Waals surface area contributed by atoms with E-state index >= 15 is 0 Å². The quantitative estimate of drug-likeness (QED) is 0.0264. The second-order valence-corrected chi connectivity index (χ2v) is 23.8. The minimum Gasteiger partial charge on any atom is -0.462 e. The average Bonchev–Trinajstić information content (AvgIpc) is 3.40. The highest BCUT2D eigenvalue weighted by atomic mass is 31.2. The van der Waals surface area contributed by atoms with Crippen LogP contribution in [0.4, 0.5) is 0 Å². The highest BCUT2D eigenvalue weighted by molar-refractivity contribution is 7.47. The van der Waals surface area contributed by atoms with Crippen LogP contribution < -0.4 is 5.73 Å². The number of carbonyl (C=O) groups is 2. The molecule has 3 N–H and O–H groups in total. The number of rotatable bonds is 63. The first-order valence-corrected chi connectivity index (χ1v) is 34.3. The molecule has 2 unspecified atom stereocenters. The Morgan fingerprint density at radius 3 is 1.01 bits per heavy atom. The van der Waals surface area contributed by atoms with Crippen molar-refractivity contribution >= 4 is 19.8 Å². The van der Waals surface area contributed by atoms with Crippen molar-refractivity contribution in [3.05, 3.63) is 24.3 Å². The van der Waals surface area contributed by atoms with Crippen LogP contribution in [0.1, 0.15) is 348 Å². The van der Waals surface area contributed by atoms with Gasteiger partial charge in [0, 0.05) is 19.4 Å². The van der Waals surface area contributed by atoms with Gasteiger partial charge in [0.05, 0.1) is 13.2 Å². The average molecular weight is 1080 g/mol. The molecule has 0 heterocycles. The van der Waals surface area contributed by atoms with Crippen molar-refractivity contribution in [1.29, 1.82) is 0 Å². The number of hydrogen-bond donors (Lipinski definition) is 2. The molecule has 9 nitrogen and oxygen atoms in total. The van der Waals surface area contributed by atoms with E-state index in [1.807, 2.05) is 0 Å². The summed E-state index contributed by atoms with van der Waals surface area (Å²) < 4.78 is 33.1. The Balaban J connectivity index is 3.84. The van der Waals surface area contributed by atoms with Gasteiger partial charge in [0.25, 0.3) is 0 Å². The van der Waals surface area contributed by atoms with E-state index in [1.54, 1.807) is 0 Å². The van der Waals surface area contributed by atoms with Crippen LogP contribution in [0.5, 0.6) is 0 Å². The van der Waals surface area contributed by atoms with Crippen molar-refractivity contribution in [3.8, 4) is 0 Å². The number of ether oxygens (including phenoxy) is 2. The number of unbranched alkanes of at least 4 members (excludes halogenated alkanes) is 46. The highest BCUT2D eigenvalue weighted by Gasteiger charge is 2.26. The second-order valence-electron chi connectivity index (χ2n) is 22.3. The molecule has 444 valence electrons. The normalized spacial score (nSPS) is 13.1. The van der Waals surface area contributed by atoms with E-state index in [-0.39, 0.29) is 38.6 Å². The number of hydrogen-bond acceptors (Lipinski definition) is 8. The lowest BCUT2D eigenvalue weighted by Crippen LogP contribution is -2.29. The molecule has 0 saturated carbocycles. The van der Waals surface area contributed by atoms with Crippen LogP contribution in [0, 0.1) is 0 Å². The number of nitrogens with two attached hydrogens (primary N) is 1. The predicted molar refractivity (Wildman–Crippen MR) is 321 cm³/mol. The summed E-state index contributed by atoms with van der Waals surface area (Å²) in [5.41, 5.74) is 5.40. The predicted octanol–water partition coefficient (Wildman–Crippen LogP) is 21.0. The molecule has 0 rings (SSSR count). The number of allylic oxidation sites excluding steroid dienone is 4. The molecule has 0 spiro atoms. The summed E-state index contributed by atoms with van der Waals surface area (Å²) in [4.78, 5) is 35.3. The molecule has 0 bridgehead atoms. The van der Waals surface area contributed by atoms with E-state index in [0.717, 1.165) is 38.5 Å². The molecule has 10 heteroatoms. The maximum Gasteiger partial charge on any atom is 0.472 e. The van der Waals surface area contributed by atoms with Gasteiger partial charge in [-0.15, -0.1) is 0 Å². The van der Waals surface area contributed by atoms with Gasteiger partial charge in [0.2, 0.25) is 0 Å². The van der Waals surface area contributed by atoms with Gasteiger partial charge in [-0.25, -0.2) is 4.57 Å². The molecule has 0 aromatic carbocycles. The lowest BCUT2D eigenvalue weighted by molar-refractivity contribution is -0.161. The molecule has 0 aromatic rings. The summed E-state index contributed by atoms with van der Waals surface area (Å²) in [5.74, 6) is -0.804. The van der Waals surface area contributed by atoms with Gasteiger partial charge in [0.1, 0.15) is 6.61 Å². The second kappa shape index (κ2) is 61.7. The molecule has 0 aliphatic rings. The van der Waals surface area contributed by atoms with E-state index in [1.165, 1.54) is 276 Å². The molecule has 0 radical (unpaired) electrons. The van der Waals surface area contributed by atoms with Crippen LogP contribution >= 0.6 is 7.82 Å². The van der Waals surface area contributed by atoms with Crippen molar-refractivity contribution in [3.63, 3.8) is 0 Å². The summed E-state index contributed by atoms with van der Waals surface area (Å²) >= 11 is 0. The van der Waals surface area contributed by atoms with Crippen LogP contribution in [0.3, 0.4) is 0 Å². The standard InChI is InChI=1S/C65H126NO8P/c1-3-5-7-9-11-13-15-17-19-21-23-25-27-28-29-30-31-32-33-34-36-38-40-42-44-46-48-50-52-54-56-58-65(68)74-63(62-73-75(69,70)72-60-59-66)61-71-64(67)57-55-53-51-49-47-45-43-41-39-37-35-26-24-22-20-18-16-14-12-10-8-6-4-2/h15,17,21,23,63H,3-14,16,18-20,22,24-62,66H2,1-2H3,(H,69,70)/b17-15-,23-21-. The van der Waals surface area contributed by atoms with Gasteiger partial charge in [0.15, 0.2) is 6.10 Å². The molecule has 0 amide bonds. The van der Waals surface area contributed by atoms with Gasteiger partial charge < -0.3 is 20.1 Å². The smallest absolute Gasteiger partial charge is 0.462 e. The molecular weight excluding hydrogens is 954 g/mol. The summed E-state index contributed by atoms with van der Waals surface area (Å²) in [5, 5.41) is 0. The number of esters is 2. The van der Waals surface area contributed by atoms with Crippen molar-refractivity contribution < 1.29 is 37.6 Å². The highest BCUT2D eigenvalue weighted by Crippen LogP contribution is 2.43. The molecule has 0 aromatic heterocycles. The summed E-state index contributed by atoms with van der Waals surface area (Å²) in [7, 11) is -4.39. The Morgan fingerprint density at radius 1 is 0.400 bits per heavy atom. The van der Waals surface area contributed by atoms with E-state index in [0.29, 0.717) is 6.42 Å².